The van der Waals surface area contributed by atoms with E-state index in [0.29, 0.717) is 19.6 Å². The fourth-order valence-electron chi connectivity index (χ4n) is 5.83. The van der Waals surface area contributed by atoms with Gasteiger partial charge < -0.3 is 14.5 Å². The molecule has 0 spiro atoms. The van der Waals surface area contributed by atoms with Crippen LogP contribution in [0.5, 0.6) is 0 Å². The summed E-state index contributed by atoms with van der Waals surface area (Å²) in [5, 5.41) is 0. The molecule has 0 bridgehead atoms. The Morgan fingerprint density at radius 2 is 1.55 bits per heavy atom. The summed E-state index contributed by atoms with van der Waals surface area (Å²) in [4.78, 5) is 32.9. The van der Waals surface area contributed by atoms with Crippen molar-refractivity contribution in [2.75, 3.05) is 39.3 Å². The molecule has 0 N–H and O–H groups in total. The Labute approximate surface area is 196 Å². The molecule has 5 rings (SSSR count). The lowest BCUT2D eigenvalue weighted by Crippen LogP contribution is -2.59. The fourth-order valence-corrected chi connectivity index (χ4v) is 5.83. The molecule has 3 aliphatic heterocycles. The number of piperazine rings is 1. The number of fused-ring (bicyclic) bond motifs is 1. The van der Waals surface area contributed by atoms with Crippen molar-refractivity contribution in [1.82, 2.24) is 14.7 Å². The Morgan fingerprint density at radius 3 is 2.12 bits per heavy atom. The third-order valence-corrected chi connectivity index (χ3v) is 7.53. The average Bonchev–Trinajstić information content (AvgIpc) is 3.18. The van der Waals surface area contributed by atoms with Crippen molar-refractivity contribution >= 4 is 12.0 Å². The van der Waals surface area contributed by atoms with E-state index in [0.717, 1.165) is 50.0 Å². The first-order valence-corrected chi connectivity index (χ1v) is 12.2. The van der Waals surface area contributed by atoms with Crippen LogP contribution in [0.3, 0.4) is 0 Å². The normalized spacial score (nSPS) is 23.3. The summed E-state index contributed by atoms with van der Waals surface area (Å²) in [7, 11) is 0. The number of cyclic esters (lactones) is 1. The van der Waals surface area contributed by atoms with Crippen LogP contribution in [0.1, 0.15) is 37.3 Å². The molecule has 33 heavy (non-hydrogen) atoms. The highest BCUT2D eigenvalue weighted by Crippen LogP contribution is 2.46. The van der Waals surface area contributed by atoms with Gasteiger partial charge in [-0.1, -0.05) is 67.6 Å². The Bertz CT molecular complexity index is 933. The lowest BCUT2D eigenvalue weighted by Gasteiger charge is -2.43. The third-order valence-electron chi connectivity index (χ3n) is 7.53. The van der Waals surface area contributed by atoms with E-state index in [1.807, 2.05) is 70.5 Å². The van der Waals surface area contributed by atoms with E-state index in [1.165, 1.54) is 0 Å². The van der Waals surface area contributed by atoms with E-state index in [2.05, 4.69) is 11.8 Å². The van der Waals surface area contributed by atoms with Crippen LogP contribution in [0.25, 0.3) is 0 Å². The van der Waals surface area contributed by atoms with Gasteiger partial charge in [-0.3, -0.25) is 9.69 Å². The molecule has 2 amide bonds. The third kappa shape index (κ3) is 3.90. The van der Waals surface area contributed by atoms with Crippen molar-refractivity contribution in [1.29, 1.82) is 0 Å². The van der Waals surface area contributed by atoms with Gasteiger partial charge in [-0.15, -0.1) is 0 Å². The highest BCUT2D eigenvalue weighted by atomic mass is 16.6. The van der Waals surface area contributed by atoms with Crippen molar-refractivity contribution in [2.45, 2.75) is 37.8 Å². The molecule has 1 atom stereocenters. The number of hydrogen-bond acceptors (Lipinski definition) is 4. The number of rotatable bonds is 5. The van der Waals surface area contributed by atoms with Gasteiger partial charge in [0.2, 0.25) is 5.91 Å². The van der Waals surface area contributed by atoms with Gasteiger partial charge in [-0.2, -0.15) is 0 Å². The number of nitrogens with zero attached hydrogens (tertiary/aromatic N) is 3. The first-order chi connectivity index (χ1) is 16.1. The molecular weight excluding hydrogens is 414 g/mol. The molecule has 0 aliphatic carbocycles. The van der Waals surface area contributed by atoms with Crippen molar-refractivity contribution in [3.05, 3.63) is 71.8 Å². The van der Waals surface area contributed by atoms with Gasteiger partial charge in [0, 0.05) is 36.7 Å². The van der Waals surface area contributed by atoms with Crippen LogP contribution < -0.4 is 0 Å². The summed E-state index contributed by atoms with van der Waals surface area (Å²) < 4.78 is 6.22. The molecule has 174 valence electrons. The Morgan fingerprint density at radius 1 is 0.939 bits per heavy atom. The van der Waals surface area contributed by atoms with Gasteiger partial charge in [0.05, 0.1) is 0 Å². The van der Waals surface area contributed by atoms with Gasteiger partial charge in [-0.05, 0) is 38.9 Å². The number of ether oxygens (including phenoxy) is 1. The lowest BCUT2D eigenvalue weighted by atomic mass is 9.79. The number of piperidine rings is 1. The maximum atomic E-state index is 13.5. The maximum Gasteiger partial charge on any atom is 0.411 e. The standard InChI is InChI=1S/C27H33N3O3/c1-2-15-28-16-13-21(14-17-28)25(31)29-18-19-30-24(20-29)27(33-26(30)32,22-9-5-3-6-10-22)23-11-7-4-8-12-23/h3-12,21,24H,2,13-20H2,1H3. The number of hydrogen-bond donors (Lipinski definition) is 0. The minimum Gasteiger partial charge on any atom is -0.431 e. The Kier molecular flexibility index (Phi) is 6.11. The molecule has 0 saturated carbocycles. The monoisotopic (exact) mass is 447 g/mol. The molecule has 0 radical (unpaired) electrons. The van der Waals surface area contributed by atoms with Gasteiger partial charge in [0.25, 0.3) is 0 Å². The van der Waals surface area contributed by atoms with E-state index in [9.17, 15) is 9.59 Å². The molecule has 3 saturated heterocycles. The van der Waals surface area contributed by atoms with Crippen LogP contribution in [0.15, 0.2) is 60.7 Å². The number of carbonyl (C=O) groups excluding carboxylic acids is 2. The number of benzene rings is 2. The second kappa shape index (κ2) is 9.18. The summed E-state index contributed by atoms with van der Waals surface area (Å²) in [5.41, 5.74) is 0.960. The van der Waals surface area contributed by atoms with Crippen molar-refractivity contribution in [2.24, 2.45) is 5.92 Å². The van der Waals surface area contributed by atoms with Crippen molar-refractivity contribution in [3.63, 3.8) is 0 Å². The quantitative estimate of drug-likeness (QED) is 0.701. The molecule has 3 fully saturated rings. The lowest BCUT2D eigenvalue weighted by molar-refractivity contribution is -0.140. The molecule has 1 unspecified atom stereocenters. The summed E-state index contributed by atoms with van der Waals surface area (Å²) in [5.74, 6) is 0.311. The van der Waals surface area contributed by atoms with Crippen LogP contribution >= 0.6 is 0 Å². The predicted molar refractivity (Wildman–Crippen MR) is 127 cm³/mol. The van der Waals surface area contributed by atoms with Crippen LogP contribution in [-0.2, 0) is 15.1 Å². The maximum absolute atomic E-state index is 13.5. The molecule has 3 aliphatic rings. The van der Waals surface area contributed by atoms with Crippen molar-refractivity contribution in [3.8, 4) is 0 Å². The van der Waals surface area contributed by atoms with Gasteiger partial charge in [0.1, 0.15) is 6.04 Å². The molecule has 3 heterocycles. The van der Waals surface area contributed by atoms with Gasteiger partial charge in [0.15, 0.2) is 5.60 Å². The Balaban J connectivity index is 1.43. The predicted octanol–water partition coefficient (Wildman–Crippen LogP) is 3.72. The largest absolute Gasteiger partial charge is 0.431 e. The number of likely N-dealkylation sites (tertiary alicyclic amines) is 1. The van der Waals surface area contributed by atoms with E-state index in [1.54, 1.807) is 0 Å². The minimum atomic E-state index is -0.928. The molecule has 6 heteroatoms. The fraction of sp³-hybridized carbons (Fsp3) is 0.481. The summed E-state index contributed by atoms with van der Waals surface area (Å²) in [6.45, 7) is 6.86. The number of amides is 2. The summed E-state index contributed by atoms with van der Waals surface area (Å²) in [6.07, 6.45) is 2.69. The number of carbonyl (C=O) groups is 2. The molecular formula is C27H33N3O3. The molecule has 2 aromatic carbocycles. The SMILES string of the molecule is CCCN1CCC(C(=O)N2CCN3C(=O)OC(c4ccccc4)(c4ccccc4)C3C2)CC1. The second-order valence-corrected chi connectivity index (χ2v) is 9.45. The average molecular weight is 448 g/mol. The highest BCUT2D eigenvalue weighted by Gasteiger charge is 2.58. The minimum absolute atomic E-state index is 0.0746. The van der Waals surface area contributed by atoms with Gasteiger partial charge >= 0.3 is 6.09 Å². The Hall–Kier alpha value is -2.86. The zero-order chi connectivity index (χ0) is 22.8. The van der Waals surface area contributed by atoms with E-state index >= 15 is 0 Å². The van der Waals surface area contributed by atoms with E-state index in [-0.39, 0.29) is 24.0 Å². The second-order valence-electron chi connectivity index (χ2n) is 9.45. The molecule has 0 aromatic heterocycles. The van der Waals surface area contributed by atoms with Crippen LogP contribution in [-0.4, -0.2) is 72.0 Å². The van der Waals surface area contributed by atoms with E-state index in [4.69, 9.17) is 4.74 Å². The molecule has 2 aromatic rings. The topological polar surface area (TPSA) is 53.1 Å². The zero-order valence-corrected chi connectivity index (χ0v) is 19.4. The van der Waals surface area contributed by atoms with Crippen LogP contribution in [0.2, 0.25) is 0 Å². The first-order valence-electron chi connectivity index (χ1n) is 12.2. The summed E-state index contributed by atoms with van der Waals surface area (Å²) >= 11 is 0. The smallest absolute Gasteiger partial charge is 0.411 e. The van der Waals surface area contributed by atoms with E-state index < -0.39 is 5.60 Å². The summed E-state index contributed by atoms with van der Waals surface area (Å²) in [6, 6.07) is 19.7. The van der Waals surface area contributed by atoms with Crippen LogP contribution in [0.4, 0.5) is 4.79 Å². The first kappa shape index (κ1) is 22.0. The molecule has 6 nitrogen and oxygen atoms in total. The highest BCUT2D eigenvalue weighted by molar-refractivity contribution is 5.80. The van der Waals surface area contributed by atoms with Crippen molar-refractivity contribution < 1.29 is 14.3 Å². The van der Waals surface area contributed by atoms with Gasteiger partial charge in [-0.25, -0.2) is 4.79 Å². The van der Waals surface area contributed by atoms with Crippen LogP contribution in [0, 0.1) is 5.92 Å². The zero-order valence-electron chi connectivity index (χ0n) is 19.4.